The van der Waals surface area contributed by atoms with Gasteiger partial charge in [-0.05, 0) is 84.3 Å². The fraction of sp³-hybridized carbons (Fsp3) is 0.486. The lowest BCUT2D eigenvalue weighted by molar-refractivity contribution is -0.140. The second-order valence-corrected chi connectivity index (χ2v) is 29.8. The Bertz CT molecular complexity index is 3990. The zero-order chi connectivity index (χ0) is 82.7. The Morgan fingerprint density at radius 2 is 1.05 bits per heavy atom. The number of fused-ring (bicyclic) bond motifs is 2. The van der Waals surface area contributed by atoms with Gasteiger partial charge in [-0.1, -0.05) is 108 Å². The number of nitrogens with two attached hydrogens (primary N) is 2. The van der Waals surface area contributed by atoms with Gasteiger partial charge in [0.25, 0.3) is 11.9 Å². The van der Waals surface area contributed by atoms with Crippen molar-refractivity contribution in [1.82, 2.24) is 67.1 Å². The van der Waals surface area contributed by atoms with E-state index in [9.17, 15) is 63.9 Å². The molecule has 1 aromatic heterocycles. The topological polar surface area (TPSA) is 558 Å². The molecule has 9 atom stereocenters. The monoisotopic (exact) mass is 1600 g/mol. The number of aliphatic carboxylic acids is 5. The number of primary amides is 1. The lowest BCUT2D eigenvalue weighted by atomic mass is 10.00. The first-order valence-electron chi connectivity index (χ1n) is 36.2. The van der Waals surface area contributed by atoms with Gasteiger partial charge in [-0.2, -0.15) is 0 Å². The lowest BCUT2D eigenvalue weighted by Crippen LogP contribution is -2.62. The number of aromatic amines is 1. The molecule has 2 fully saturated rings. The Morgan fingerprint density at radius 1 is 0.562 bits per heavy atom. The number of nitrogens with zero attached hydrogens (tertiary/aromatic N) is 4. The van der Waals surface area contributed by atoms with Crippen LogP contribution in [-0.4, -0.2) is 294 Å². The summed E-state index contributed by atoms with van der Waals surface area (Å²) in [7, 11) is 1.83. The van der Waals surface area contributed by atoms with Crippen LogP contribution in [0.4, 0.5) is 0 Å². The predicted molar refractivity (Wildman–Crippen MR) is 416 cm³/mol. The van der Waals surface area contributed by atoms with Crippen molar-refractivity contribution in [2.75, 3.05) is 96.6 Å². The average molecular weight is 1600 g/mol. The highest BCUT2D eigenvalue weighted by molar-refractivity contribution is 8.76. The van der Waals surface area contributed by atoms with Gasteiger partial charge in [0.2, 0.25) is 53.2 Å². The number of rotatable bonds is 26. The second-order valence-electron chi connectivity index (χ2n) is 27.3. The van der Waals surface area contributed by atoms with Crippen LogP contribution in [0, 0.1) is 5.92 Å². The van der Waals surface area contributed by atoms with Crippen LogP contribution in [0.1, 0.15) is 70.6 Å². The van der Waals surface area contributed by atoms with Gasteiger partial charge < -0.3 is 94.7 Å². The average Bonchev–Trinajstić information content (AvgIpc) is 1.59. The van der Waals surface area contributed by atoms with Crippen LogP contribution in [0.15, 0.2) is 97.2 Å². The molecule has 0 radical (unpaired) electrons. The Labute approximate surface area is 654 Å². The van der Waals surface area contributed by atoms with Crippen molar-refractivity contribution in [3.63, 3.8) is 0 Å². The molecule has 38 heteroatoms. The molecule has 112 heavy (non-hydrogen) atoms. The zero-order valence-corrected chi connectivity index (χ0v) is 64.6. The number of benzene rings is 4. The maximum absolute atomic E-state index is 15.5. The Balaban J connectivity index is 0.00000267. The van der Waals surface area contributed by atoms with Crippen LogP contribution in [-0.2, 0) is 86.4 Å². The number of carbonyl (C=O) groups is 14. The second kappa shape index (κ2) is 47.0. The molecule has 0 aliphatic carbocycles. The summed E-state index contributed by atoms with van der Waals surface area (Å²) in [5.41, 5.74) is 13.7. The molecule has 9 amide bonds. The third-order valence-corrected chi connectivity index (χ3v) is 20.2. The number of H-pyrrole nitrogens is 1. The Kier molecular flexibility index (Phi) is 38.7. The number of amides is 9. The number of unbranched alkanes of at least 4 members (excludes halogenated alkanes) is 1. The fourth-order valence-electron chi connectivity index (χ4n) is 12.0. The van der Waals surface area contributed by atoms with E-state index in [1.165, 1.54) is 31.2 Å². The molecule has 3 heterocycles. The van der Waals surface area contributed by atoms with Gasteiger partial charge in [-0.15, -0.1) is 0 Å². The normalized spacial score (nSPS) is 20.2. The lowest BCUT2D eigenvalue weighted by Gasteiger charge is -2.33. The minimum Gasteiger partial charge on any atom is -0.508 e. The summed E-state index contributed by atoms with van der Waals surface area (Å²) < 4.78 is 0. The molecule has 20 N–H and O–H groups in total. The van der Waals surface area contributed by atoms with E-state index in [4.69, 9.17) is 31.3 Å². The van der Waals surface area contributed by atoms with Crippen molar-refractivity contribution in [2.45, 2.75) is 128 Å². The molecule has 5 aromatic rings. The summed E-state index contributed by atoms with van der Waals surface area (Å²) >= 11 is 0. The zero-order valence-electron chi connectivity index (χ0n) is 63.0. The third-order valence-electron chi connectivity index (χ3n) is 17.8. The van der Waals surface area contributed by atoms with Gasteiger partial charge in [-0.25, -0.2) is 0 Å². The van der Waals surface area contributed by atoms with Crippen molar-refractivity contribution in [1.29, 1.82) is 0 Å². The van der Waals surface area contributed by atoms with Crippen molar-refractivity contribution in [2.24, 2.45) is 17.4 Å². The quantitative estimate of drug-likeness (QED) is 0.0224. The summed E-state index contributed by atoms with van der Waals surface area (Å²) in [6, 6.07) is 13.6. The molecule has 7 rings (SSSR count). The van der Waals surface area contributed by atoms with E-state index in [0.29, 0.717) is 40.4 Å². The van der Waals surface area contributed by atoms with Crippen LogP contribution in [0.2, 0.25) is 0 Å². The summed E-state index contributed by atoms with van der Waals surface area (Å²) in [5, 5.41) is 89.3. The number of carboxylic acid groups (broad SMARTS) is 5. The summed E-state index contributed by atoms with van der Waals surface area (Å²) in [4.78, 5) is 196. The number of nitrogens with one attached hydrogen (secondary N) is 9. The van der Waals surface area contributed by atoms with Gasteiger partial charge in [0, 0.05) is 114 Å². The highest BCUT2D eigenvalue weighted by Gasteiger charge is 2.38. The molecule has 0 unspecified atom stereocenters. The number of carbonyl (C=O) groups excluding carboxylic acids is 9. The van der Waals surface area contributed by atoms with Crippen LogP contribution < -0.4 is 54.0 Å². The van der Waals surface area contributed by atoms with E-state index in [1.807, 2.05) is 42.5 Å². The number of hydrogen-bond donors (Lipinski definition) is 18. The minimum atomic E-state index is -1.64. The van der Waals surface area contributed by atoms with Crippen molar-refractivity contribution < 1.29 is 103 Å². The van der Waals surface area contributed by atoms with Gasteiger partial charge >= 0.3 is 17.9 Å². The van der Waals surface area contributed by atoms with Gasteiger partial charge in [0.1, 0.15) is 54.1 Å². The minimum absolute atomic E-state index is 0.00269. The van der Waals surface area contributed by atoms with Crippen LogP contribution in [0.3, 0.4) is 0 Å². The van der Waals surface area contributed by atoms with Crippen LogP contribution >= 0.6 is 21.6 Å². The molecule has 2 saturated heterocycles. The number of aliphatic hydroxyl groups excluding tert-OH is 1. The largest absolute Gasteiger partial charge is 0.508 e. The number of aromatic hydroxyl groups is 1. The SMILES string of the molecule is CC(=O)O.CC(=O)O.CC(C)[C@@H]1NC(=O)[C@H](CCCCN)NC(=O)[C@@H](Cc2c[nH]c3ccccc23)NC(=O)[C@H](Cc2ccc(O)cc2)NC(=O)[C@@H](NC(=O)[C@@H](Cc2ccc3ccccc3c2)NC(=O)CN2CCN(CC(=O)O)CCN(CC(=O)O)CCN(CC(=O)O)CC2)CSSC[C@@H](C(=O)N[C@H](C(N)=O)[C@@H](C)O)NC1=O. The standard InChI is InChI=1S/C70H95N15O17S2.2C2H4O2/c1-41(2)61-70(102)79-56(69(101)81-62(42(3)86)63(72)95)40-104-103-39-55(68(100)76-53(31-43-16-19-48(87)20-17-43)66(98)77-54(33-47-34-73-50-13-7-6-12-49(47)50)67(99)75-51(64(96)80-61)14-8-9-21-71)78-65(97)52(32-44-15-18-45-10-4-5-11-46(45)30-44)74-57(88)35-82-22-24-83(36-58(89)90)26-28-85(38-60(93)94)29-27-84(25-23-82)37-59(91)92;2*1-2(3)4/h4-7,10-13,15-20,30,34,41-42,51-56,61-62,73,86-87H,8-9,14,21-29,31-33,35-40,71H2,1-3H3,(H2,72,95)(H,74,88)(H,75,99)(H,76,100)(H,77,98)(H,78,97)(H,79,102)(H,80,96)(H,81,101)(H,89,90)(H,91,92)(H,93,94);2*1H3,(H,3,4)/t42-,51+,52-,53+,54-,55+,56+,61+,62+;;/m1../s1. The van der Waals surface area contributed by atoms with Crippen LogP contribution in [0.25, 0.3) is 21.7 Å². The number of para-hydroxylation sites is 1. The van der Waals surface area contributed by atoms with Crippen molar-refractivity contribution in [3.05, 3.63) is 114 Å². The van der Waals surface area contributed by atoms with Crippen molar-refractivity contribution >= 4 is 126 Å². The molecule has 612 valence electrons. The van der Waals surface area contributed by atoms with Crippen LogP contribution in [0.5, 0.6) is 5.75 Å². The molecular formula is C74H103N15O21S2. The third kappa shape index (κ3) is 32.8. The molecule has 0 spiro atoms. The number of carboxylic acids is 5. The van der Waals surface area contributed by atoms with E-state index in [-0.39, 0.29) is 108 Å². The van der Waals surface area contributed by atoms with E-state index in [0.717, 1.165) is 46.2 Å². The van der Waals surface area contributed by atoms with E-state index in [2.05, 4.69) is 47.5 Å². The number of phenols is 1. The molecule has 2 aliphatic heterocycles. The summed E-state index contributed by atoms with van der Waals surface area (Å²) in [6.45, 7) is 5.89. The highest BCUT2D eigenvalue weighted by atomic mass is 33.1. The van der Waals surface area contributed by atoms with E-state index >= 15 is 19.2 Å². The first-order valence-corrected chi connectivity index (χ1v) is 38.7. The first kappa shape index (κ1) is 92.1. The molecule has 0 saturated carbocycles. The molecule has 2 aliphatic rings. The van der Waals surface area contributed by atoms with Gasteiger partial charge in [0.15, 0.2) is 0 Å². The number of aromatic nitrogens is 1. The molecular weight excluding hydrogens is 1500 g/mol. The molecule has 36 nitrogen and oxygen atoms in total. The number of hydrogen-bond acceptors (Lipinski definition) is 23. The molecule has 0 bridgehead atoms. The maximum Gasteiger partial charge on any atom is 0.317 e. The van der Waals surface area contributed by atoms with Gasteiger partial charge in [-0.3, -0.25) is 86.7 Å². The number of phenolic OH excluding ortho intramolecular Hbond substituents is 1. The Morgan fingerprint density at radius 3 is 1.59 bits per heavy atom. The van der Waals surface area contributed by atoms with E-state index in [1.54, 1.807) is 63.9 Å². The smallest absolute Gasteiger partial charge is 0.317 e. The Hall–Kier alpha value is -10.5. The number of aliphatic hydroxyl groups is 1. The maximum atomic E-state index is 15.5. The van der Waals surface area contributed by atoms with Crippen molar-refractivity contribution in [3.8, 4) is 5.75 Å². The van der Waals surface area contributed by atoms with E-state index < -0.39 is 163 Å². The predicted octanol–water partition coefficient (Wildman–Crippen LogP) is -1.36. The molecule has 4 aromatic carbocycles. The van der Waals surface area contributed by atoms with Gasteiger partial charge in [0.05, 0.1) is 32.3 Å². The summed E-state index contributed by atoms with van der Waals surface area (Å²) in [6.07, 6.45) is 0.251. The highest BCUT2D eigenvalue weighted by Crippen LogP contribution is 2.26. The first-order chi connectivity index (χ1) is 53.1. The summed E-state index contributed by atoms with van der Waals surface area (Å²) in [5.74, 6) is -14.8. The fourth-order valence-corrected chi connectivity index (χ4v) is 14.4.